The van der Waals surface area contributed by atoms with Gasteiger partial charge in [-0.25, -0.2) is 19.7 Å². The van der Waals surface area contributed by atoms with Crippen LogP contribution in [0.5, 0.6) is 5.88 Å². The topological polar surface area (TPSA) is 117 Å². The molecule has 0 amide bonds. The molecule has 188 valence electrons. The second kappa shape index (κ2) is 10.1. The zero-order valence-corrected chi connectivity index (χ0v) is 20.6. The second-order valence-electron chi connectivity index (χ2n) is 9.05. The third-order valence-corrected chi connectivity index (χ3v) is 6.63. The van der Waals surface area contributed by atoms with Crippen LogP contribution in [0.2, 0.25) is 0 Å². The SMILES string of the molecule is CCn1c(=O)n(CCCO)c(=O)c2c1nc(-c1ncc(OC3CCC3)nc1C)n2Cc1ccccc1. The van der Waals surface area contributed by atoms with Crippen LogP contribution in [0.25, 0.3) is 22.7 Å². The summed E-state index contributed by atoms with van der Waals surface area (Å²) in [5.74, 6) is 0.941. The van der Waals surface area contributed by atoms with Gasteiger partial charge in [0, 0.05) is 26.2 Å². The fourth-order valence-electron chi connectivity index (χ4n) is 4.50. The van der Waals surface area contributed by atoms with Crippen molar-refractivity contribution in [3.8, 4) is 17.4 Å². The maximum atomic E-state index is 13.6. The summed E-state index contributed by atoms with van der Waals surface area (Å²) in [6, 6.07) is 9.76. The summed E-state index contributed by atoms with van der Waals surface area (Å²) in [5, 5.41) is 9.31. The molecule has 36 heavy (non-hydrogen) atoms. The molecule has 1 aromatic carbocycles. The number of aliphatic hydroxyl groups excluding tert-OH is 1. The molecule has 1 aliphatic rings. The monoisotopic (exact) mass is 490 g/mol. The number of benzene rings is 1. The molecule has 5 rings (SSSR count). The zero-order valence-electron chi connectivity index (χ0n) is 20.6. The number of aliphatic hydroxyl groups is 1. The summed E-state index contributed by atoms with van der Waals surface area (Å²) < 4.78 is 10.4. The Morgan fingerprint density at radius 1 is 1.08 bits per heavy atom. The first-order valence-electron chi connectivity index (χ1n) is 12.4. The fraction of sp³-hybridized carbons (Fsp3) is 0.423. The molecule has 0 spiro atoms. The van der Waals surface area contributed by atoms with Gasteiger partial charge in [-0.2, -0.15) is 0 Å². The Balaban J connectivity index is 1.72. The third-order valence-electron chi connectivity index (χ3n) is 6.63. The highest BCUT2D eigenvalue weighted by molar-refractivity contribution is 5.77. The van der Waals surface area contributed by atoms with Crippen molar-refractivity contribution < 1.29 is 9.84 Å². The van der Waals surface area contributed by atoms with Crippen LogP contribution >= 0.6 is 0 Å². The third kappa shape index (κ3) is 4.32. The van der Waals surface area contributed by atoms with Crippen molar-refractivity contribution in [3.63, 3.8) is 0 Å². The van der Waals surface area contributed by atoms with Crippen LogP contribution in [0.1, 0.15) is 43.9 Å². The predicted octanol–water partition coefficient (Wildman–Crippen LogP) is 2.51. The molecule has 1 fully saturated rings. The van der Waals surface area contributed by atoms with Crippen molar-refractivity contribution in [1.29, 1.82) is 0 Å². The highest BCUT2D eigenvalue weighted by Crippen LogP contribution is 2.28. The van der Waals surface area contributed by atoms with Gasteiger partial charge in [-0.3, -0.25) is 13.9 Å². The number of aromatic nitrogens is 6. The van der Waals surface area contributed by atoms with Gasteiger partial charge in [-0.15, -0.1) is 0 Å². The van der Waals surface area contributed by atoms with Crippen LogP contribution in [-0.2, 0) is 19.6 Å². The number of ether oxygens (including phenoxy) is 1. The van der Waals surface area contributed by atoms with Crippen LogP contribution in [0.4, 0.5) is 0 Å². The molecule has 0 radical (unpaired) electrons. The van der Waals surface area contributed by atoms with E-state index in [2.05, 4.69) is 9.97 Å². The van der Waals surface area contributed by atoms with E-state index < -0.39 is 11.2 Å². The molecule has 10 heteroatoms. The quantitative estimate of drug-likeness (QED) is 0.383. The number of hydrogen-bond donors (Lipinski definition) is 1. The van der Waals surface area contributed by atoms with Crippen LogP contribution < -0.4 is 16.0 Å². The Bertz CT molecular complexity index is 1500. The lowest BCUT2D eigenvalue weighted by Crippen LogP contribution is -2.40. The largest absolute Gasteiger partial charge is 0.473 e. The van der Waals surface area contributed by atoms with Gasteiger partial charge in [0.15, 0.2) is 17.0 Å². The van der Waals surface area contributed by atoms with E-state index in [9.17, 15) is 14.7 Å². The van der Waals surface area contributed by atoms with Crippen LogP contribution in [0.3, 0.4) is 0 Å². The average molecular weight is 491 g/mol. The predicted molar refractivity (Wildman–Crippen MR) is 135 cm³/mol. The van der Waals surface area contributed by atoms with E-state index in [-0.39, 0.29) is 19.3 Å². The number of hydrogen-bond acceptors (Lipinski definition) is 7. The Morgan fingerprint density at radius 2 is 1.86 bits per heavy atom. The zero-order chi connectivity index (χ0) is 25.2. The summed E-state index contributed by atoms with van der Waals surface area (Å²) in [6.07, 6.45) is 5.28. The molecule has 0 atom stereocenters. The summed E-state index contributed by atoms with van der Waals surface area (Å²) in [5.41, 5.74) is 1.90. The molecule has 3 aromatic heterocycles. The summed E-state index contributed by atoms with van der Waals surface area (Å²) in [4.78, 5) is 40.8. The van der Waals surface area contributed by atoms with Crippen molar-refractivity contribution in [2.45, 2.75) is 65.3 Å². The number of imidazole rings is 1. The molecule has 3 heterocycles. The molecular weight excluding hydrogens is 460 g/mol. The number of fused-ring (bicyclic) bond motifs is 1. The lowest BCUT2D eigenvalue weighted by atomic mass is 9.96. The normalized spacial score (nSPS) is 13.8. The molecular formula is C26H30N6O4. The van der Waals surface area contributed by atoms with E-state index in [1.54, 1.807) is 6.20 Å². The summed E-state index contributed by atoms with van der Waals surface area (Å²) in [6.45, 7) is 4.40. The minimum atomic E-state index is -0.439. The molecule has 0 bridgehead atoms. The van der Waals surface area contributed by atoms with Gasteiger partial charge in [-0.1, -0.05) is 30.3 Å². The lowest BCUT2D eigenvalue weighted by molar-refractivity contribution is 0.114. The van der Waals surface area contributed by atoms with E-state index in [0.717, 1.165) is 24.8 Å². The van der Waals surface area contributed by atoms with E-state index in [1.807, 2.05) is 48.7 Å². The molecule has 0 unspecified atom stereocenters. The first-order chi connectivity index (χ1) is 17.5. The maximum absolute atomic E-state index is 13.6. The van der Waals surface area contributed by atoms with Gasteiger partial charge in [0.2, 0.25) is 5.88 Å². The molecule has 0 aliphatic heterocycles. The number of nitrogens with zero attached hydrogens (tertiary/aromatic N) is 6. The Morgan fingerprint density at radius 3 is 2.50 bits per heavy atom. The number of aryl methyl sites for hydroxylation is 2. The molecule has 1 saturated carbocycles. The van der Waals surface area contributed by atoms with Crippen LogP contribution in [0, 0.1) is 6.92 Å². The van der Waals surface area contributed by atoms with Crippen molar-refractivity contribution in [1.82, 2.24) is 28.7 Å². The number of rotatable bonds is 9. The molecule has 0 saturated heterocycles. The van der Waals surface area contributed by atoms with Crippen molar-refractivity contribution >= 4 is 11.2 Å². The van der Waals surface area contributed by atoms with Gasteiger partial charge in [0.1, 0.15) is 11.8 Å². The molecule has 4 aromatic rings. The van der Waals surface area contributed by atoms with Crippen LogP contribution in [-0.4, -0.2) is 46.5 Å². The van der Waals surface area contributed by atoms with E-state index in [1.165, 1.54) is 9.13 Å². The van der Waals surface area contributed by atoms with Crippen LogP contribution in [0.15, 0.2) is 46.1 Å². The first kappa shape index (κ1) is 23.9. The maximum Gasteiger partial charge on any atom is 0.332 e. The molecule has 1 aliphatic carbocycles. The highest BCUT2D eigenvalue weighted by Gasteiger charge is 2.25. The van der Waals surface area contributed by atoms with Gasteiger partial charge in [0.05, 0.1) is 11.9 Å². The van der Waals surface area contributed by atoms with Crippen molar-refractivity contribution in [2.75, 3.05) is 6.61 Å². The van der Waals surface area contributed by atoms with E-state index in [0.29, 0.717) is 53.8 Å². The Hall–Kier alpha value is -3.79. The summed E-state index contributed by atoms with van der Waals surface area (Å²) in [7, 11) is 0. The molecule has 10 nitrogen and oxygen atoms in total. The highest BCUT2D eigenvalue weighted by atomic mass is 16.5. The van der Waals surface area contributed by atoms with Gasteiger partial charge in [0.25, 0.3) is 5.56 Å². The standard InChI is InChI=1S/C26H30N6O4/c1-3-30-24-22(25(34)31(26(30)35)13-8-14-33)32(16-18-9-5-4-6-10-18)23(29-24)21-17(2)28-20(15-27-21)36-19-11-7-12-19/h4-6,9-10,15,19,33H,3,7-8,11-14,16H2,1-2H3. The van der Waals surface area contributed by atoms with E-state index in [4.69, 9.17) is 9.72 Å². The molecule has 1 N–H and O–H groups in total. The fourth-order valence-corrected chi connectivity index (χ4v) is 4.50. The minimum Gasteiger partial charge on any atom is -0.473 e. The lowest BCUT2D eigenvalue weighted by Gasteiger charge is -2.25. The van der Waals surface area contributed by atoms with Crippen molar-refractivity contribution in [3.05, 3.63) is 68.6 Å². The minimum absolute atomic E-state index is 0.116. The second-order valence-corrected chi connectivity index (χ2v) is 9.05. The average Bonchev–Trinajstić information content (AvgIpc) is 3.21. The van der Waals surface area contributed by atoms with Gasteiger partial charge in [-0.05, 0) is 45.1 Å². The van der Waals surface area contributed by atoms with Gasteiger partial charge >= 0.3 is 5.69 Å². The summed E-state index contributed by atoms with van der Waals surface area (Å²) >= 11 is 0. The van der Waals surface area contributed by atoms with E-state index >= 15 is 0 Å². The van der Waals surface area contributed by atoms with Crippen molar-refractivity contribution in [2.24, 2.45) is 0 Å². The first-order valence-corrected chi connectivity index (χ1v) is 12.4. The smallest absolute Gasteiger partial charge is 0.332 e. The van der Waals surface area contributed by atoms with Gasteiger partial charge < -0.3 is 14.4 Å². The Labute approximate surface area is 207 Å². The Kier molecular flexibility index (Phi) is 6.69.